The van der Waals surface area contributed by atoms with Crippen molar-refractivity contribution in [3.05, 3.63) is 247 Å². The minimum absolute atomic E-state index is 0.726. The van der Waals surface area contributed by atoms with Gasteiger partial charge in [-0.2, -0.15) is 0 Å². The molecular weight excluding hydrogens is 779 g/mol. The molecule has 0 bridgehead atoms. The Labute approximate surface area is 369 Å². The molecule has 3 heteroatoms. The molecule has 2 aromatic heterocycles. The van der Waals surface area contributed by atoms with Crippen LogP contribution < -0.4 is 4.90 Å². The number of hydrogen-bond donors (Lipinski definition) is 0. The summed E-state index contributed by atoms with van der Waals surface area (Å²) in [6.07, 6.45) is 0. The van der Waals surface area contributed by atoms with Crippen LogP contribution in [0.1, 0.15) is 22.3 Å². The highest BCUT2D eigenvalue weighted by Gasteiger charge is 2.51. The molecule has 2 heterocycles. The van der Waals surface area contributed by atoms with Gasteiger partial charge in [0.25, 0.3) is 0 Å². The Morgan fingerprint density at radius 2 is 0.844 bits per heavy atom. The third-order valence-electron chi connectivity index (χ3n) is 13.9. The first-order valence-electron chi connectivity index (χ1n) is 22.0. The first kappa shape index (κ1) is 35.2. The van der Waals surface area contributed by atoms with E-state index in [1.165, 1.54) is 50.1 Å². The van der Waals surface area contributed by atoms with Gasteiger partial charge in [-0.1, -0.05) is 188 Å². The summed E-state index contributed by atoms with van der Waals surface area (Å²) in [6.45, 7) is 0. The number of rotatable bonds is 4. The Kier molecular flexibility index (Phi) is 7.32. The van der Waals surface area contributed by atoms with Crippen molar-refractivity contribution < 1.29 is 8.83 Å². The molecule has 3 nitrogen and oxygen atoms in total. The van der Waals surface area contributed by atoms with Crippen molar-refractivity contribution in [1.82, 2.24) is 0 Å². The first-order chi connectivity index (χ1) is 31.8. The number of furan rings is 2. The van der Waals surface area contributed by atoms with E-state index < -0.39 is 5.41 Å². The van der Waals surface area contributed by atoms with Gasteiger partial charge < -0.3 is 13.7 Å². The topological polar surface area (TPSA) is 29.5 Å². The SMILES string of the molecule is c1ccc(-c2ccccc2N(c2ccc3c(c2)[C@@]2(c4ccccc4-c4ccccc4-3)c3ccccc3-c3c2ccc2c3oc3ccccc32)c2cccc3c2oc2ccccc23)cc1. The second kappa shape index (κ2) is 13.3. The van der Waals surface area contributed by atoms with Gasteiger partial charge in [0.05, 0.1) is 16.8 Å². The second-order valence-corrected chi connectivity index (χ2v) is 17.1. The van der Waals surface area contributed by atoms with Crippen LogP contribution in [0.3, 0.4) is 0 Å². The van der Waals surface area contributed by atoms with Gasteiger partial charge in [0.1, 0.15) is 16.7 Å². The van der Waals surface area contributed by atoms with Crippen LogP contribution in [-0.2, 0) is 5.41 Å². The van der Waals surface area contributed by atoms with E-state index in [2.05, 4.69) is 223 Å². The van der Waals surface area contributed by atoms with Crippen LogP contribution in [0.25, 0.3) is 88.4 Å². The number of fused-ring (bicyclic) bond motifs is 19. The molecule has 64 heavy (non-hydrogen) atoms. The molecule has 2 aliphatic carbocycles. The summed E-state index contributed by atoms with van der Waals surface area (Å²) in [7, 11) is 0. The van der Waals surface area contributed by atoms with Gasteiger partial charge in [0.2, 0.25) is 0 Å². The summed E-state index contributed by atoms with van der Waals surface area (Å²) in [5.74, 6) is 0. The molecule has 0 saturated heterocycles. The van der Waals surface area contributed by atoms with Gasteiger partial charge in [0, 0.05) is 38.4 Å². The highest BCUT2D eigenvalue weighted by Crippen LogP contribution is 2.63. The molecular formula is C61H37NO2. The molecule has 0 saturated carbocycles. The fourth-order valence-corrected chi connectivity index (χ4v) is 11.3. The zero-order chi connectivity index (χ0) is 41.9. The maximum atomic E-state index is 6.94. The Hall–Kier alpha value is -8.40. The molecule has 298 valence electrons. The number of anilines is 3. The maximum absolute atomic E-state index is 6.94. The molecule has 1 spiro atoms. The van der Waals surface area contributed by atoms with Gasteiger partial charge in [-0.05, 0) is 92.0 Å². The summed E-state index contributed by atoms with van der Waals surface area (Å²) in [6, 6.07) is 81.7. The summed E-state index contributed by atoms with van der Waals surface area (Å²) < 4.78 is 13.8. The smallest absolute Gasteiger partial charge is 0.159 e. The molecule has 2 aliphatic rings. The van der Waals surface area contributed by atoms with E-state index in [4.69, 9.17) is 8.83 Å². The van der Waals surface area contributed by atoms with Gasteiger partial charge in [-0.25, -0.2) is 0 Å². The van der Waals surface area contributed by atoms with Crippen LogP contribution >= 0.6 is 0 Å². The molecule has 0 unspecified atom stereocenters. The summed E-state index contributed by atoms with van der Waals surface area (Å²) in [5.41, 5.74) is 20.2. The van der Waals surface area contributed by atoms with E-state index in [9.17, 15) is 0 Å². The van der Waals surface area contributed by atoms with E-state index >= 15 is 0 Å². The fraction of sp³-hybridized carbons (Fsp3) is 0.0164. The van der Waals surface area contributed by atoms with Crippen molar-refractivity contribution in [2.24, 2.45) is 0 Å². The minimum Gasteiger partial charge on any atom is -0.455 e. The van der Waals surface area contributed by atoms with Crippen molar-refractivity contribution >= 4 is 60.9 Å². The second-order valence-electron chi connectivity index (χ2n) is 17.1. The minimum atomic E-state index is -0.726. The number of hydrogen-bond acceptors (Lipinski definition) is 3. The summed E-state index contributed by atoms with van der Waals surface area (Å²) in [5, 5.41) is 4.43. The van der Waals surface area contributed by atoms with Crippen molar-refractivity contribution in [1.29, 1.82) is 0 Å². The molecule has 0 aliphatic heterocycles. The first-order valence-corrected chi connectivity index (χ1v) is 22.0. The molecule has 0 radical (unpaired) electrons. The number of para-hydroxylation sites is 4. The lowest BCUT2D eigenvalue weighted by atomic mass is 9.65. The molecule has 10 aromatic carbocycles. The van der Waals surface area contributed by atoms with E-state index in [0.717, 1.165) is 77.6 Å². The van der Waals surface area contributed by atoms with Crippen LogP contribution in [-0.4, -0.2) is 0 Å². The van der Waals surface area contributed by atoms with E-state index in [1.54, 1.807) is 0 Å². The molecule has 0 fully saturated rings. The lowest BCUT2D eigenvalue weighted by molar-refractivity contribution is 0.668. The lowest BCUT2D eigenvalue weighted by Gasteiger charge is -2.36. The van der Waals surface area contributed by atoms with Crippen molar-refractivity contribution in [2.75, 3.05) is 4.90 Å². The lowest BCUT2D eigenvalue weighted by Crippen LogP contribution is -2.29. The average molecular weight is 816 g/mol. The Balaban J connectivity index is 1.14. The highest BCUT2D eigenvalue weighted by atomic mass is 16.3. The maximum Gasteiger partial charge on any atom is 0.159 e. The Bertz CT molecular complexity index is 3870. The quantitative estimate of drug-likeness (QED) is 0.177. The van der Waals surface area contributed by atoms with E-state index in [1.807, 2.05) is 6.07 Å². The van der Waals surface area contributed by atoms with Crippen LogP contribution in [0.5, 0.6) is 0 Å². The summed E-state index contributed by atoms with van der Waals surface area (Å²) >= 11 is 0. The predicted octanol–water partition coefficient (Wildman–Crippen LogP) is 16.6. The van der Waals surface area contributed by atoms with Crippen LogP contribution in [0.4, 0.5) is 17.1 Å². The zero-order valence-corrected chi connectivity index (χ0v) is 34.6. The number of nitrogens with zero attached hydrogens (tertiary/aromatic N) is 1. The van der Waals surface area contributed by atoms with Gasteiger partial charge in [-0.3, -0.25) is 0 Å². The Morgan fingerprint density at radius 1 is 0.312 bits per heavy atom. The van der Waals surface area contributed by atoms with Crippen LogP contribution in [0, 0.1) is 0 Å². The van der Waals surface area contributed by atoms with Crippen LogP contribution in [0.2, 0.25) is 0 Å². The number of benzene rings is 10. The predicted molar refractivity (Wildman–Crippen MR) is 263 cm³/mol. The molecule has 0 N–H and O–H groups in total. The Morgan fingerprint density at radius 3 is 1.59 bits per heavy atom. The van der Waals surface area contributed by atoms with Crippen molar-refractivity contribution in [3.8, 4) is 44.5 Å². The van der Waals surface area contributed by atoms with Gasteiger partial charge in [-0.15, -0.1) is 0 Å². The van der Waals surface area contributed by atoms with Crippen molar-refractivity contribution in [3.63, 3.8) is 0 Å². The largest absolute Gasteiger partial charge is 0.455 e. The van der Waals surface area contributed by atoms with Gasteiger partial charge >= 0.3 is 0 Å². The monoisotopic (exact) mass is 815 g/mol. The van der Waals surface area contributed by atoms with Gasteiger partial charge in [0.15, 0.2) is 5.58 Å². The molecule has 12 aromatic rings. The third-order valence-corrected chi connectivity index (χ3v) is 13.9. The molecule has 1 atom stereocenters. The third kappa shape index (κ3) is 4.70. The molecule has 14 rings (SSSR count). The highest BCUT2D eigenvalue weighted by molar-refractivity contribution is 6.14. The van der Waals surface area contributed by atoms with E-state index in [0.29, 0.717) is 0 Å². The summed E-state index contributed by atoms with van der Waals surface area (Å²) in [4.78, 5) is 2.42. The molecule has 0 amide bonds. The van der Waals surface area contributed by atoms with Crippen LogP contribution in [0.15, 0.2) is 233 Å². The zero-order valence-electron chi connectivity index (χ0n) is 34.6. The average Bonchev–Trinajstić information content (AvgIpc) is 4.01. The van der Waals surface area contributed by atoms with Crippen molar-refractivity contribution in [2.45, 2.75) is 5.41 Å². The normalized spacial score (nSPS) is 14.6. The van der Waals surface area contributed by atoms with E-state index in [-0.39, 0.29) is 0 Å². The standard InChI is InChI=1S/C61H37NO2/c1-2-17-38(18-3-1)40-19-8-13-29-54(40)62(55-30-16-26-47-45-23-9-14-31-56(45)63-59(47)55)39-33-34-44-42-21-5-4-20-41(42)43-22-6-11-27-50(43)61(53(44)37-39)51-28-12-7-25-49(51)58-52(61)36-35-48-46-24-10-15-32-57(46)64-60(48)58/h1-37H/t61-/m0/s1. The fourth-order valence-electron chi connectivity index (χ4n) is 11.3.